The maximum Gasteiger partial charge on any atom is 0.149 e. The molecule has 0 aromatic carbocycles. The van der Waals surface area contributed by atoms with Gasteiger partial charge in [0.15, 0.2) is 0 Å². The zero-order chi connectivity index (χ0) is 27.3. The van der Waals surface area contributed by atoms with E-state index in [9.17, 15) is 4.79 Å². The molecule has 35 heavy (non-hydrogen) atoms. The zero-order valence-corrected chi connectivity index (χ0v) is 24.6. The highest BCUT2D eigenvalue weighted by Gasteiger charge is 2.16. The number of ketones is 1. The van der Waals surface area contributed by atoms with Gasteiger partial charge in [0.2, 0.25) is 0 Å². The van der Waals surface area contributed by atoms with Crippen LogP contribution < -0.4 is 16.4 Å². The van der Waals surface area contributed by atoms with Crippen LogP contribution in [0.2, 0.25) is 0 Å². The fourth-order valence-electron chi connectivity index (χ4n) is 3.59. The minimum atomic E-state index is -0.249. The molecule has 0 aromatic rings. The third kappa shape index (κ3) is 30.7. The Bertz CT molecular complexity index is 485. The van der Waals surface area contributed by atoms with E-state index in [1.807, 2.05) is 13.8 Å². The van der Waals surface area contributed by atoms with Crippen LogP contribution in [0.3, 0.4) is 0 Å². The average Bonchev–Trinajstić information content (AvgIpc) is 2.84. The molecule has 5 nitrogen and oxygen atoms in total. The minimum Gasteiger partial charge on any atom is -0.321 e. The van der Waals surface area contributed by atoms with E-state index in [1.54, 1.807) is 6.07 Å². The van der Waals surface area contributed by atoms with Gasteiger partial charge in [0, 0.05) is 19.2 Å². The molecule has 2 atom stereocenters. The standard InChI is InChI=1S/C15H34N2.C12H25NO.C3H3N/c1-5-7-8-9-10-11-15(14(3)4)12-17-13-16-6-2;1-4-5-6-7-8-9-11(14)12(13)10(2)3;1-2-3-4/h14-17H,5-13H2,1-4H3;10,12H,4-9,13H2,1-3H3;2H,1H2. The van der Waals surface area contributed by atoms with Crippen LogP contribution in [0.1, 0.15) is 126 Å². The molecule has 208 valence electrons. The summed E-state index contributed by atoms with van der Waals surface area (Å²) in [5, 5.41) is 14.3. The predicted molar refractivity (Wildman–Crippen MR) is 155 cm³/mol. The summed E-state index contributed by atoms with van der Waals surface area (Å²) in [6, 6.07) is 1.45. The first-order chi connectivity index (χ1) is 16.7. The Kier molecular flexibility index (Phi) is 33.7. The van der Waals surface area contributed by atoms with Gasteiger partial charge in [0.25, 0.3) is 0 Å². The molecular weight excluding hydrogens is 432 g/mol. The maximum absolute atomic E-state index is 11.5. The topological polar surface area (TPSA) is 90.9 Å². The van der Waals surface area contributed by atoms with E-state index in [4.69, 9.17) is 11.0 Å². The molecule has 0 amide bonds. The number of carbonyl (C=O) groups is 1. The second kappa shape index (κ2) is 30.8. The van der Waals surface area contributed by atoms with Crippen molar-refractivity contribution >= 4 is 5.78 Å². The number of carbonyl (C=O) groups excluding carboxylic acids is 1. The van der Waals surface area contributed by atoms with Gasteiger partial charge in [-0.1, -0.05) is 113 Å². The fourth-order valence-corrected chi connectivity index (χ4v) is 3.59. The fraction of sp³-hybridized carbons (Fsp3) is 0.867. The summed E-state index contributed by atoms with van der Waals surface area (Å²) in [6.45, 7) is 21.6. The lowest BCUT2D eigenvalue weighted by Gasteiger charge is -2.21. The molecule has 0 aliphatic carbocycles. The van der Waals surface area contributed by atoms with Crippen LogP contribution in [0.25, 0.3) is 0 Å². The highest BCUT2D eigenvalue weighted by atomic mass is 16.1. The first-order valence-corrected chi connectivity index (χ1v) is 14.4. The van der Waals surface area contributed by atoms with Gasteiger partial charge in [-0.25, -0.2) is 0 Å². The highest BCUT2D eigenvalue weighted by molar-refractivity contribution is 5.83. The number of nitrogens with two attached hydrogens (primary N) is 1. The molecule has 0 aromatic heterocycles. The Morgan fingerprint density at radius 1 is 0.886 bits per heavy atom. The summed E-state index contributed by atoms with van der Waals surface area (Å²) in [5.41, 5.74) is 5.75. The van der Waals surface area contributed by atoms with Gasteiger partial charge in [0.1, 0.15) is 5.78 Å². The molecule has 0 saturated carbocycles. The number of nitrogens with one attached hydrogen (secondary N) is 2. The molecule has 0 spiro atoms. The number of rotatable bonds is 20. The van der Waals surface area contributed by atoms with Crippen LogP contribution in [-0.4, -0.2) is 31.6 Å². The second-order valence-corrected chi connectivity index (χ2v) is 10.2. The monoisotopic (exact) mass is 494 g/mol. The van der Waals surface area contributed by atoms with Crippen molar-refractivity contribution in [2.45, 2.75) is 132 Å². The average molecular weight is 495 g/mol. The molecule has 2 unspecified atom stereocenters. The van der Waals surface area contributed by atoms with E-state index in [1.165, 1.54) is 76.8 Å². The number of allylic oxidation sites excluding steroid dienone is 1. The van der Waals surface area contributed by atoms with Gasteiger partial charge in [-0.05, 0) is 43.7 Å². The normalized spacial score (nSPS) is 12.1. The summed E-state index contributed by atoms with van der Waals surface area (Å²) in [7, 11) is 0. The lowest BCUT2D eigenvalue weighted by molar-refractivity contribution is -0.121. The van der Waals surface area contributed by atoms with Gasteiger partial charge >= 0.3 is 0 Å². The number of nitriles is 1. The van der Waals surface area contributed by atoms with E-state index in [-0.39, 0.29) is 17.7 Å². The number of nitrogens with zero attached hydrogens (tertiary/aromatic N) is 1. The van der Waals surface area contributed by atoms with Crippen LogP contribution in [-0.2, 0) is 4.79 Å². The molecule has 0 aliphatic rings. The Morgan fingerprint density at radius 2 is 1.40 bits per heavy atom. The zero-order valence-electron chi connectivity index (χ0n) is 24.6. The van der Waals surface area contributed by atoms with Crippen LogP contribution in [0.5, 0.6) is 0 Å². The van der Waals surface area contributed by atoms with Crippen LogP contribution >= 0.6 is 0 Å². The smallest absolute Gasteiger partial charge is 0.149 e. The summed E-state index contributed by atoms with van der Waals surface area (Å²) in [6.07, 6.45) is 16.2. The largest absolute Gasteiger partial charge is 0.321 e. The SMILES string of the molecule is C=CC#N.CCCCCCCC(=O)C(N)C(C)C.CCCCCCCC(CNCNCC)C(C)C. The van der Waals surface area contributed by atoms with Crippen molar-refractivity contribution in [3.63, 3.8) is 0 Å². The second-order valence-electron chi connectivity index (χ2n) is 10.2. The molecule has 0 aliphatic heterocycles. The Labute approximate surface area is 220 Å². The minimum absolute atomic E-state index is 0.233. The van der Waals surface area contributed by atoms with Gasteiger partial charge < -0.3 is 16.4 Å². The summed E-state index contributed by atoms with van der Waals surface area (Å²) >= 11 is 0. The van der Waals surface area contributed by atoms with E-state index < -0.39 is 0 Å². The molecule has 5 heteroatoms. The molecule has 0 radical (unpaired) electrons. The summed E-state index contributed by atoms with van der Waals surface area (Å²) < 4.78 is 0. The quantitative estimate of drug-likeness (QED) is 0.0933. The lowest BCUT2D eigenvalue weighted by Crippen LogP contribution is -2.35. The summed E-state index contributed by atoms with van der Waals surface area (Å²) in [4.78, 5) is 11.5. The van der Waals surface area contributed by atoms with Gasteiger partial charge in [0.05, 0.1) is 12.1 Å². The Morgan fingerprint density at radius 3 is 1.83 bits per heavy atom. The maximum atomic E-state index is 11.5. The Hall–Kier alpha value is -1.22. The number of hydrogen-bond acceptors (Lipinski definition) is 5. The third-order valence-corrected chi connectivity index (χ3v) is 6.24. The van der Waals surface area contributed by atoms with Gasteiger partial charge in [-0.3, -0.25) is 4.79 Å². The van der Waals surface area contributed by atoms with Crippen molar-refractivity contribution in [1.82, 2.24) is 10.6 Å². The molecule has 0 fully saturated rings. The van der Waals surface area contributed by atoms with Crippen LogP contribution in [0.15, 0.2) is 12.7 Å². The van der Waals surface area contributed by atoms with Crippen molar-refractivity contribution in [2.75, 3.05) is 19.8 Å². The van der Waals surface area contributed by atoms with Crippen LogP contribution in [0, 0.1) is 29.1 Å². The molecular formula is C30H62N4O. The summed E-state index contributed by atoms with van der Waals surface area (Å²) in [5.74, 6) is 2.15. The molecule has 0 rings (SSSR count). The first kappa shape index (κ1) is 38.3. The number of Topliss-reactive ketones (excluding diaryl/α,β-unsaturated/α-hetero) is 1. The van der Waals surface area contributed by atoms with E-state index in [2.05, 4.69) is 51.8 Å². The van der Waals surface area contributed by atoms with E-state index in [0.29, 0.717) is 6.42 Å². The number of hydrogen-bond donors (Lipinski definition) is 3. The lowest BCUT2D eigenvalue weighted by atomic mass is 9.90. The van der Waals surface area contributed by atoms with Gasteiger partial charge in [-0.15, -0.1) is 0 Å². The van der Waals surface area contributed by atoms with Crippen molar-refractivity contribution in [3.8, 4) is 6.07 Å². The van der Waals surface area contributed by atoms with E-state index >= 15 is 0 Å². The highest BCUT2D eigenvalue weighted by Crippen LogP contribution is 2.18. The third-order valence-electron chi connectivity index (χ3n) is 6.24. The molecule has 0 heterocycles. The van der Waals surface area contributed by atoms with Crippen LogP contribution in [0.4, 0.5) is 0 Å². The van der Waals surface area contributed by atoms with Crippen molar-refractivity contribution in [3.05, 3.63) is 12.7 Å². The molecule has 0 bridgehead atoms. The van der Waals surface area contributed by atoms with Crippen molar-refractivity contribution in [2.24, 2.45) is 23.5 Å². The Balaban J connectivity index is -0.000000514. The van der Waals surface area contributed by atoms with Gasteiger partial charge in [-0.2, -0.15) is 5.26 Å². The number of unbranched alkanes of at least 4 members (excludes halogenated alkanes) is 8. The molecule has 4 N–H and O–H groups in total. The first-order valence-electron chi connectivity index (χ1n) is 14.4. The predicted octanol–water partition coefficient (Wildman–Crippen LogP) is 7.37. The molecule has 0 saturated heterocycles. The van der Waals surface area contributed by atoms with Crippen molar-refractivity contribution < 1.29 is 4.79 Å². The van der Waals surface area contributed by atoms with Crippen molar-refractivity contribution in [1.29, 1.82) is 5.26 Å². The van der Waals surface area contributed by atoms with E-state index in [0.717, 1.165) is 31.5 Å².